The minimum absolute atomic E-state index is 0.426. The Hall–Kier alpha value is -1.12. The van der Waals surface area contributed by atoms with Crippen LogP contribution in [0.1, 0.15) is 12.5 Å². The summed E-state index contributed by atoms with van der Waals surface area (Å²) in [6.07, 6.45) is 0.868. The fraction of sp³-hybridized carbons (Fsp3) is 0.167. The Kier molecular flexibility index (Phi) is 3.42. The van der Waals surface area contributed by atoms with Crippen molar-refractivity contribution in [2.24, 2.45) is 0 Å². The van der Waals surface area contributed by atoms with Crippen molar-refractivity contribution in [2.75, 3.05) is 0 Å². The van der Waals surface area contributed by atoms with Gasteiger partial charge in [0.1, 0.15) is 0 Å². The molecular weight excluding hydrogens is 243 g/mol. The van der Waals surface area contributed by atoms with Gasteiger partial charge in [0.15, 0.2) is 5.15 Å². The number of nitrogens with zero attached hydrogens (tertiary/aromatic N) is 2. The number of benzene rings is 1. The van der Waals surface area contributed by atoms with Gasteiger partial charge in [-0.05, 0) is 30.2 Å². The molecule has 0 aliphatic heterocycles. The van der Waals surface area contributed by atoms with Crippen LogP contribution in [0.15, 0.2) is 30.3 Å². The van der Waals surface area contributed by atoms with Crippen LogP contribution in [0, 0.1) is 0 Å². The van der Waals surface area contributed by atoms with Gasteiger partial charge in [0, 0.05) is 10.6 Å². The third kappa shape index (κ3) is 2.34. The van der Waals surface area contributed by atoms with E-state index in [1.54, 1.807) is 0 Å². The van der Waals surface area contributed by atoms with E-state index in [0.717, 1.165) is 23.2 Å². The fourth-order valence-corrected chi connectivity index (χ4v) is 1.82. The number of hydrogen-bond acceptors (Lipinski definition) is 2. The Morgan fingerprint density at radius 2 is 1.75 bits per heavy atom. The van der Waals surface area contributed by atoms with Crippen molar-refractivity contribution in [2.45, 2.75) is 13.3 Å². The van der Waals surface area contributed by atoms with Gasteiger partial charge >= 0.3 is 0 Å². The molecule has 0 radical (unpaired) electrons. The highest BCUT2D eigenvalue weighted by atomic mass is 35.5. The van der Waals surface area contributed by atoms with Gasteiger partial charge in [-0.3, -0.25) is 0 Å². The molecule has 1 aromatic heterocycles. The predicted octanol–water partition coefficient (Wildman–Crippen LogP) is 4.01. The molecule has 16 heavy (non-hydrogen) atoms. The first-order chi connectivity index (χ1) is 7.70. The standard InChI is InChI=1S/C12H10Cl2N2/c1-2-8-7-11(14)15-16-12(8)9-3-5-10(13)6-4-9/h3-7H,2H2,1H3. The lowest BCUT2D eigenvalue weighted by molar-refractivity contribution is 0.992. The zero-order valence-electron chi connectivity index (χ0n) is 8.74. The molecule has 2 aromatic rings. The molecule has 0 fully saturated rings. The van der Waals surface area contributed by atoms with E-state index >= 15 is 0 Å². The molecule has 0 saturated heterocycles. The second-order valence-corrected chi connectivity index (χ2v) is 4.23. The van der Waals surface area contributed by atoms with Crippen LogP contribution < -0.4 is 0 Å². The average Bonchev–Trinajstić information content (AvgIpc) is 2.30. The van der Waals surface area contributed by atoms with Crippen molar-refractivity contribution >= 4 is 23.2 Å². The molecule has 0 spiro atoms. The van der Waals surface area contributed by atoms with Gasteiger partial charge in [-0.15, -0.1) is 10.2 Å². The molecule has 0 bridgehead atoms. The number of rotatable bonds is 2. The smallest absolute Gasteiger partial charge is 0.149 e. The van der Waals surface area contributed by atoms with Crippen LogP contribution >= 0.6 is 23.2 Å². The molecule has 1 heterocycles. The Labute approximate surface area is 104 Å². The summed E-state index contributed by atoms with van der Waals surface area (Å²) in [5.74, 6) is 0. The number of aryl methyl sites for hydroxylation is 1. The molecule has 0 saturated carbocycles. The van der Waals surface area contributed by atoms with Crippen LogP contribution in [0.5, 0.6) is 0 Å². The van der Waals surface area contributed by atoms with E-state index in [4.69, 9.17) is 23.2 Å². The second-order valence-electron chi connectivity index (χ2n) is 3.40. The molecular formula is C12H10Cl2N2. The number of aromatic nitrogens is 2. The van der Waals surface area contributed by atoms with Crippen molar-refractivity contribution in [3.8, 4) is 11.3 Å². The SMILES string of the molecule is CCc1cc(Cl)nnc1-c1ccc(Cl)cc1. The molecule has 0 N–H and O–H groups in total. The van der Waals surface area contributed by atoms with Gasteiger partial charge in [0.05, 0.1) is 5.69 Å². The first-order valence-electron chi connectivity index (χ1n) is 4.98. The van der Waals surface area contributed by atoms with E-state index in [9.17, 15) is 0 Å². The summed E-state index contributed by atoms with van der Waals surface area (Å²) in [6.45, 7) is 2.06. The van der Waals surface area contributed by atoms with E-state index in [0.29, 0.717) is 10.2 Å². The van der Waals surface area contributed by atoms with E-state index in [2.05, 4.69) is 17.1 Å². The second kappa shape index (κ2) is 4.81. The monoisotopic (exact) mass is 252 g/mol. The van der Waals surface area contributed by atoms with Gasteiger partial charge in [-0.2, -0.15) is 0 Å². The summed E-state index contributed by atoms with van der Waals surface area (Å²) in [6, 6.07) is 9.39. The normalized spacial score (nSPS) is 10.4. The Morgan fingerprint density at radius 3 is 2.38 bits per heavy atom. The van der Waals surface area contributed by atoms with Gasteiger partial charge < -0.3 is 0 Å². The van der Waals surface area contributed by atoms with Gasteiger partial charge in [0.2, 0.25) is 0 Å². The lowest BCUT2D eigenvalue weighted by atomic mass is 10.1. The first kappa shape index (κ1) is 11.4. The van der Waals surface area contributed by atoms with Crippen molar-refractivity contribution in [1.82, 2.24) is 10.2 Å². The van der Waals surface area contributed by atoms with Crippen LogP contribution in [0.3, 0.4) is 0 Å². The van der Waals surface area contributed by atoms with Crippen LogP contribution in [-0.4, -0.2) is 10.2 Å². The molecule has 0 aliphatic carbocycles. The topological polar surface area (TPSA) is 25.8 Å². The average molecular weight is 253 g/mol. The largest absolute Gasteiger partial charge is 0.152 e. The van der Waals surface area contributed by atoms with E-state index in [1.165, 1.54) is 0 Å². The number of halogens is 2. The molecule has 4 heteroatoms. The van der Waals surface area contributed by atoms with Crippen LogP contribution in [0.4, 0.5) is 0 Å². The minimum atomic E-state index is 0.426. The third-order valence-corrected chi connectivity index (χ3v) is 2.78. The Bertz CT molecular complexity index is 495. The molecule has 1 aromatic carbocycles. The van der Waals surface area contributed by atoms with Crippen molar-refractivity contribution in [1.29, 1.82) is 0 Å². The quantitative estimate of drug-likeness (QED) is 0.807. The molecule has 2 nitrogen and oxygen atoms in total. The summed E-state index contributed by atoms with van der Waals surface area (Å²) in [7, 11) is 0. The maximum absolute atomic E-state index is 5.84. The summed E-state index contributed by atoms with van der Waals surface area (Å²) in [4.78, 5) is 0. The summed E-state index contributed by atoms with van der Waals surface area (Å²) in [5, 5.41) is 9.13. The van der Waals surface area contributed by atoms with Crippen molar-refractivity contribution in [3.63, 3.8) is 0 Å². The summed E-state index contributed by atoms with van der Waals surface area (Å²) in [5.41, 5.74) is 2.95. The summed E-state index contributed by atoms with van der Waals surface area (Å²) < 4.78 is 0. The van der Waals surface area contributed by atoms with Crippen LogP contribution in [-0.2, 0) is 6.42 Å². The molecule has 82 valence electrons. The van der Waals surface area contributed by atoms with Gasteiger partial charge in [0.25, 0.3) is 0 Å². The minimum Gasteiger partial charge on any atom is -0.149 e. The highest BCUT2D eigenvalue weighted by molar-refractivity contribution is 6.30. The maximum atomic E-state index is 5.84. The van der Waals surface area contributed by atoms with Crippen LogP contribution in [0.25, 0.3) is 11.3 Å². The Balaban J connectivity index is 2.51. The molecule has 2 rings (SSSR count). The van der Waals surface area contributed by atoms with Crippen molar-refractivity contribution < 1.29 is 0 Å². The Morgan fingerprint density at radius 1 is 1.06 bits per heavy atom. The lowest BCUT2D eigenvalue weighted by Crippen LogP contribution is -1.94. The zero-order valence-corrected chi connectivity index (χ0v) is 10.3. The molecule has 0 unspecified atom stereocenters. The van der Waals surface area contributed by atoms with E-state index in [1.807, 2.05) is 30.3 Å². The maximum Gasteiger partial charge on any atom is 0.152 e. The molecule has 0 atom stereocenters. The highest BCUT2D eigenvalue weighted by Gasteiger charge is 2.07. The van der Waals surface area contributed by atoms with E-state index < -0.39 is 0 Å². The summed E-state index contributed by atoms with van der Waals surface area (Å²) >= 11 is 11.7. The molecule has 0 amide bonds. The van der Waals surface area contributed by atoms with E-state index in [-0.39, 0.29) is 0 Å². The number of hydrogen-bond donors (Lipinski definition) is 0. The van der Waals surface area contributed by atoms with Gasteiger partial charge in [-0.1, -0.05) is 42.3 Å². The fourth-order valence-electron chi connectivity index (χ4n) is 1.52. The highest BCUT2D eigenvalue weighted by Crippen LogP contribution is 2.24. The lowest BCUT2D eigenvalue weighted by Gasteiger charge is -2.06. The molecule has 0 aliphatic rings. The predicted molar refractivity (Wildman–Crippen MR) is 66.9 cm³/mol. The zero-order chi connectivity index (χ0) is 11.5. The van der Waals surface area contributed by atoms with Gasteiger partial charge in [-0.25, -0.2) is 0 Å². The van der Waals surface area contributed by atoms with Crippen LogP contribution in [0.2, 0.25) is 10.2 Å². The third-order valence-electron chi connectivity index (χ3n) is 2.34. The first-order valence-corrected chi connectivity index (χ1v) is 5.74. The van der Waals surface area contributed by atoms with Crippen molar-refractivity contribution in [3.05, 3.63) is 46.1 Å².